The van der Waals surface area contributed by atoms with Crippen LogP contribution >= 0.6 is 0 Å². The molecular formula is C11H18N2O5. The highest BCUT2D eigenvalue weighted by atomic mass is 16.5. The summed E-state index contributed by atoms with van der Waals surface area (Å²) in [6.07, 6.45) is -0.558. The molecule has 0 bridgehead atoms. The molecule has 2 aliphatic rings. The van der Waals surface area contributed by atoms with E-state index in [4.69, 9.17) is 9.47 Å². The van der Waals surface area contributed by atoms with Crippen LogP contribution in [-0.4, -0.2) is 62.0 Å². The average molecular weight is 258 g/mol. The van der Waals surface area contributed by atoms with E-state index in [2.05, 4.69) is 10.6 Å². The third kappa shape index (κ3) is 2.47. The number of hydrogen-bond donors (Lipinski definition) is 3. The number of carbonyl (C=O) groups is 2. The number of aliphatic carboxylic acids is 1. The Morgan fingerprint density at radius 3 is 2.89 bits per heavy atom. The normalized spacial score (nSPS) is 36.3. The van der Waals surface area contributed by atoms with Gasteiger partial charge in [0.05, 0.1) is 25.9 Å². The Morgan fingerprint density at radius 2 is 2.28 bits per heavy atom. The summed E-state index contributed by atoms with van der Waals surface area (Å²) >= 11 is 0. The topological polar surface area (TPSA) is 96.9 Å². The van der Waals surface area contributed by atoms with E-state index >= 15 is 0 Å². The van der Waals surface area contributed by atoms with Crippen molar-refractivity contribution < 1.29 is 24.2 Å². The minimum Gasteiger partial charge on any atom is -0.481 e. The molecule has 0 aliphatic carbocycles. The van der Waals surface area contributed by atoms with E-state index in [1.807, 2.05) is 0 Å². The van der Waals surface area contributed by atoms with Crippen molar-refractivity contribution in [2.75, 3.05) is 32.9 Å². The van der Waals surface area contributed by atoms with Gasteiger partial charge in [-0.25, -0.2) is 0 Å². The molecule has 7 nitrogen and oxygen atoms in total. The molecule has 3 atom stereocenters. The molecule has 0 aromatic carbocycles. The second-order valence-electron chi connectivity index (χ2n) is 4.86. The van der Waals surface area contributed by atoms with Crippen molar-refractivity contribution in [1.82, 2.24) is 10.6 Å². The van der Waals surface area contributed by atoms with Gasteiger partial charge in [-0.2, -0.15) is 0 Å². The van der Waals surface area contributed by atoms with Gasteiger partial charge in [-0.05, 0) is 6.92 Å². The number of morpholine rings is 1. The first kappa shape index (κ1) is 13.3. The van der Waals surface area contributed by atoms with Gasteiger partial charge < -0.3 is 25.2 Å². The predicted octanol–water partition coefficient (Wildman–Crippen LogP) is -1.42. The lowest BCUT2D eigenvalue weighted by atomic mass is 9.85. The Kier molecular flexibility index (Phi) is 3.84. The summed E-state index contributed by atoms with van der Waals surface area (Å²) in [4.78, 5) is 23.2. The molecule has 0 radical (unpaired) electrons. The van der Waals surface area contributed by atoms with Crippen molar-refractivity contribution in [2.45, 2.75) is 19.1 Å². The quantitative estimate of drug-likeness (QED) is 0.575. The van der Waals surface area contributed by atoms with Crippen LogP contribution in [0, 0.1) is 5.41 Å². The van der Waals surface area contributed by atoms with Crippen molar-refractivity contribution in [1.29, 1.82) is 0 Å². The van der Waals surface area contributed by atoms with Crippen LogP contribution in [0.5, 0.6) is 0 Å². The number of carboxylic acid groups (broad SMARTS) is 1. The lowest BCUT2D eigenvalue weighted by Gasteiger charge is -2.28. The van der Waals surface area contributed by atoms with Crippen molar-refractivity contribution >= 4 is 11.9 Å². The second kappa shape index (κ2) is 5.21. The number of ether oxygens (including phenoxy) is 2. The van der Waals surface area contributed by atoms with Crippen LogP contribution in [0.25, 0.3) is 0 Å². The first-order valence-corrected chi connectivity index (χ1v) is 5.98. The number of carbonyl (C=O) groups excluding carboxylic acids is 1. The van der Waals surface area contributed by atoms with Crippen LogP contribution in [0.15, 0.2) is 0 Å². The molecule has 0 saturated carbocycles. The Balaban J connectivity index is 1.95. The summed E-state index contributed by atoms with van der Waals surface area (Å²) in [7, 11) is 0. The molecule has 18 heavy (non-hydrogen) atoms. The monoisotopic (exact) mass is 258 g/mol. The fraction of sp³-hybridized carbons (Fsp3) is 0.818. The number of amides is 1. The van der Waals surface area contributed by atoms with Crippen molar-refractivity contribution in [2.24, 2.45) is 5.41 Å². The third-order valence-corrected chi connectivity index (χ3v) is 3.48. The summed E-state index contributed by atoms with van der Waals surface area (Å²) in [6, 6.07) is -0.520. The van der Waals surface area contributed by atoms with Crippen molar-refractivity contribution in [3.8, 4) is 0 Å². The summed E-state index contributed by atoms with van der Waals surface area (Å²) in [5.74, 6) is -1.25. The number of nitrogens with one attached hydrogen (secondary N) is 2. The Labute approximate surface area is 105 Å². The largest absolute Gasteiger partial charge is 0.481 e. The van der Waals surface area contributed by atoms with Gasteiger partial charge in [0.1, 0.15) is 11.5 Å². The van der Waals surface area contributed by atoms with E-state index in [-0.39, 0.29) is 19.1 Å². The van der Waals surface area contributed by atoms with E-state index in [0.717, 1.165) is 6.54 Å². The lowest BCUT2D eigenvalue weighted by molar-refractivity contribution is -0.149. The highest BCUT2D eigenvalue weighted by molar-refractivity contribution is 5.83. The molecule has 0 aromatic rings. The highest BCUT2D eigenvalue weighted by Gasteiger charge is 2.47. The van der Waals surface area contributed by atoms with Crippen LogP contribution in [0.2, 0.25) is 0 Å². The maximum absolute atomic E-state index is 11.9. The SMILES string of the molecule is CC1(C(=O)O)COCC1NC(=O)C1CNCCO1. The maximum atomic E-state index is 11.9. The zero-order chi connectivity index (χ0) is 13.2. The molecule has 2 aliphatic heterocycles. The lowest BCUT2D eigenvalue weighted by Crippen LogP contribution is -2.55. The van der Waals surface area contributed by atoms with E-state index in [0.29, 0.717) is 13.2 Å². The molecule has 0 aromatic heterocycles. The van der Waals surface area contributed by atoms with Crippen molar-refractivity contribution in [3.63, 3.8) is 0 Å². The molecule has 102 valence electrons. The van der Waals surface area contributed by atoms with Crippen LogP contribution < -0.4 is 10.6 Å². The smallest absolute Gasteiger partial charge is 0.313 e. The van der Waals surface area contributed by atoms with Gasteiger partial charge in [0.25, 0.3) is 5.91 Å². The Bertz CT molecular complexity index is 342. The molecule has 2 heterocycles. The van der Waals surface area contributed by atoms with Gasteiger partial charge in [0.15, 0.2) is 0 Å². The molecule has 2 saturated heterocycles. The van der Waals surface area contributed by atoms with E-state index in [1.165, 1.54) is 0 Å². The van der Waals surface area contributed by atoms with Gasteiger partial charge in [0, 0.05) is 13.1 Å². The second-order valence-corrected chi connectivity index (χ2v) is 4.86. The molecule has 3 unspecified atom stereocenters. The zero-order valence-corrected chi connectivity index (χ0v) is 10.3. The first-order valence-electron chi connectivity index (χ1n) is 5.98. The van der Waals surface area contributed by atoms with E-state index < -0.39 is 23.5 Å². The van der Waals surface area contributed by atoms with Crippen LogP contribution in [0.3, 0.4) is 0 Å². The van der Waals surface area contributed by atoms with Gasteiger partial charge >= 0.3 is 5.97 Å². The number of hydrogen-bond acceptors (Lipinski definition) is 5. The van der Waals surface area contributed by atoms with Gasteiger partial charge in [-0.3, -0.25) is 9.59 Å². The summed E-state index contributed by atoms with van der Waals surface area (Å²) in [6.45, 7) is 3.56. The zero-order valence-electron chi connectivity index (χ0n) is 10.3. The highest BCUT2D eigenvalue weighted by Crippen LogP contribution is 2.28. The third-order valence-electron chi connectivity index (χ3n) is 3.48. The maximum Gasteiger partial charge on any atom is 0.313 e. The Hall–Kier alpha value is -1.18. The van der Waals surface area contributed by atoms with Crippen molar-refractivity contribution in [3.05, 3.63) is 0 Å². The summed E-state index contributed by atoms with van der Waals surface area (Å²) in [5, 5.41) is 15.0. The predicted molar refractivity (Wildman–Crippen MR) is 61.1 cm³/mol. The van der Waals surface area contributed by atoms with Crippen LogP contribution in [0.4, 0.5) is 0 Å². The molecule has 2 fully saturated rings. The number of carboxylic acids is 1. The van der Waals surface area contributed by atoms with Gasteiger partial charge in [-0.15, -0.1) is 0 Å². The van der Waals surface area contributed by atoms with Gasteiger partial charge in [0.2, 0.25) is 0 Å². The minimum absolute atomic E-state index is 0.108. The molecule has 7 heteroatoms. The Morgan fingerprint density at radius 1 is 1.50 bits per heavy atom. The number of rotatable bonds is 3. The summed E-state index contributed by atoms with van der Waals surface area (Å²) in [5.41, 5.74) is -1.07. The van der Waals surface area contributed by atoms with Gasteiger partial charge in [-0.1, -0.05) is 0 Å². The summed E-state index contributed by atoms with van der Waals surface area (Å²) < 4.78 is 10.5. The fourth-order valence-electron chi connectivity index (χ4n) is 2.08. The molecule has 1 amide bonds. The standard InChI is InChI=1S/C11H18N2O5/c1-11(10(15)16)6-17-5-8(11)13-9(14)7-4-12-2-3-18-7/h7-8,12H,2-6H2,1H3,(H,13,14)(H,15,16). The molecule has 3 N–H and O–H groups in total. The van der Waals surface area contributed by atoms with Crippen LogP contribution in [-0.2, 0) is 19.1 Å². The van der Waals surface area contributed by atoms with E-state index in [1.54, 1.807) is 6.92 Å². The molecule has 2 rings (SSSR count). The first-order chi connectivity index (χ1) is 8.54. The van der Waals surface area contributed by atoms with E-state index in [9.17, 15) is 14.7 Å². The van der Waals surface area contributed by atoms with Crippen LogP contribution in [0.1, 0.15) is 6.92 Å². The molecule has 0 spiro atoms. The fourth-order valence-corrected chi connectivity index (χ4v) is 2.08. The molecular weight excluding hydrogens is 240 g/mol. The average Bonchev–Trinajstić information content (AvgIpc) is 2.73. The minimum atomic E-state index is -1.07.